The van der Waals surface area contributed by atoms with Crippen LogP contribution in [0.5, 0.6) is 0 Å². The van der Waals surface area contributed by atoms with Crippen LogP contribution in [0.2, 0.25) is 0 Å². The molecule has 282 valence electrons. The maximum absolute atomic E-state index is 13.6. The molecule has 15 N–H and O–H groups in total. The number of unbranched alkanes of at least 4 members (excludes halogenated alkanes) is 3. The summed E-state index contributed by atoms with van der Waals surface area (Å²) in [5.41, 5.74) is 22.7. The van der Waals surface area contributed by atoms with E-state index in [2.05, 4.69) is 26.6 Å². The van der Waals surface area contributed by atoms with Crippen LogP contribution < -0.4 is 49.5 Å². The summed E-state index contributed by atoms with van der Waals surface area (Å²) in [4.78, 5) is 88.5. The highest BCUT2D eigenvalue weighted by atomic mass is 16.4. The lowest BCUT2D eigenvalue weighted by atomic mass is 9.97. The van der Waals surface area contributed by atoms with E-state index in [0.29, 0.717) is 71.0 Å². The van der Waals surface area contributed by atoms with E-state index in [9.17, 15) is 38.7 Å². The molecule has 0 saturated carbocycles. The topological polar surface area (TPSA) is 324 Å². The third kappa shape index (κ3) is 19.7. The Bertz CT molecular complexity index is 1060. The monoisotopic (exact) mass is 701 g/mol. The van der Waals surface area contributed by atoms with E-state index in [1.54, 1.807) is 13.8 Å². The summed E-state index contributed by atoms with van der Waals surface area (Å²) in [6.45, 7) is 3.91. The number of amides is 5. The zero-order valence-corrected chi connectivity index (χ0v) is 28.8. The van der Waals surface area contributed by atoms with E-state index in [1.165, 1.54) is 0 Å². The minimum atomic E-state index is -1.41. The molecule has 18 nitrogen and oxygen atoms in total. The van der Waals surface area contributed by atoms with Gasteiger partial charge in [0.1, 0.15) is 30.7 Å². The standard InChI is InChI=1S/C31H59N9O9/c1-3-19(2)26(31(49)36-18-25(43)44)40-30(48)22(12-6-9-17-34)38-29(47)23(13-14-24(41)42)39-28(46)21(11-5-8-16-33)37-27(45)20(35)10-4-7-15-32/h19-23,26H,3-18,32-35H2,1-2H3,(H,36,49)(H,37,45)(H,38,47)(H,39,46)(H,40,48)(H,41,42)(H,43,44)/t19-,20-,21-,22-,23-,26-/m0/s1. The summed E-state index contributed by atoms with van der Waals surface area (Å²) >= 11 is 0. The Morgan fingerprint density at radius 1 is 0.571 bits per heavy atom. The predicted molar refractivity (Wildman–Crippen MR) is 181 cm³/mol. The van der Waals surface area contributed by atoms with Crippen molar-refractivity contribution in [3.63, 3.8) is 0 Å². The Balaban J connectivity index is 6.11. The fraction of sp³-hybridized carbons (Fsp3) is 0.774. The third-order valence-corrected chi connectivity index (χ3v) is 7.95. The smallest absolute Gasteiger partial charge is 0.322 e. The summed E-state index contributed by atoms with van der Waals surface area (Å²) in [5.74, 6) is -6.53. The molecule has 0 bridgehead atoms. The normalized spacial score (nSPS) is 14.7. The average Bonchev–Trinajstić information content (AvgIpc) is 3.06. The third-order valence-electron chi connectivity index (χ3n) is 7.95. The van der Waals surface area contributed by atoms with E-state index >= 15 is 0 Å². The molecule has 0 fully saturated rings. The van der Waals surface area contributed by atoms with Crippen LogP contribution in [0.1, 0.15) is 90.9 Å². The van der Waals surface area contributed by atoms with Gasteiger partial charge in [-0.3, -0.25) is 33.6 Å². The van der Waals surface area contributed by atoms with E-state index in [1.807, 2.05) is 0 Å². The number of carbonyl (C=O) groups excluding carboxylic acids is 5. The van der Waals surface area contributed by atoms with Crippen LogP contribution in [0.4, 0.5) is 0 Å². The fourth-order valence-corrected chi connectivity index (χ4v) is 4.75. The fourth-order valence-electron chi connectivity index (χ4n) is 4.75. The molecule has 0 aliphatic rings. The zero-order chi connectivity index (χ0) is 37.4. The number of hydrogen-bond acceptors (Lipinski definition) is 11. The number of nitrogens with one attached hydrogen (secondary N) is 5. The van der Waals surface area contributed by atoms with Crippen molar-refractivity contribution in [2.24, 2.45) is 28.9 Å². The first kappa shape index (κ1) is 45.1. The first-order valence-corrected chi connectivity index (χ1v) is 17.0. The number of carbonyl (C=O) groups is 7. The van der Waals surface area contributed by atoms with Gasteiger partial charge in [-0.15, -0.1) is 0 Å². The van der Waals surface area contributed by atoms with Gasteiger partial charge in [0.25, 0.3) is 0 Å². The quantitative estimate of drug-likeness (QED) is 0.0385. The van der Waals surface area contributed by atoms with Crippen molar-refractivity contribution in [1.82, 2.24) is 26.6 Å². The molecule has 0 aromatic carbocycles. The first-order chi connectivity index (χ1) is 23.2. The van der Waals surface area contributed by atoms with Crippen LogP contribution in [0.15, 0.2) is 0 Å². The summed E-state index contributed by atoms with van der Waals surface area (Å²) in [6, 6.07) is -5.75. The van der Waals surface area contributed by atoms with Gasteiger partial charge in [-0.05, 0) is 83.3 Å². The van der Waals surface area contributed by atoms with E-state index in [4.69, 9.17) is 28.0 Å². The van der Waals surface area contributed by atoms with Gasteiger partial charge in [-0.2, -0.15) is 0 Å². The highest BCUT2D eigenvalue weighted by Crippen LogP contribution is 2.11. The Morgan fingerprint density at radius 3 is 1.43 bits per heavy atom. The van der Waals surface area contributed by atoms with Crippen LogP contribution >= 0.6 is 0 Å². The average molecular weight is 702 g/mol. The van der Waals surface area contributed by atoms with Gasteiger partial charge in [0.2, 0.25) is 29.5 Å². The maximum atomic E-state index is 13.6. The van der Waals surface area contributed by atoms with Crippen LogP contribution in [-0.4, -0.2) is 108 Å². The number of hydrogen-bond donors (Lipinski definition) is 11. The van der Waals surface area contributed by atoms with Gasteiger partial charge < -0.3 is 59.7 Å². The van der Waals surface area contributed by atoms with Crippen LogP contribution in [0, 0.1) is 5.92 Å². The van der Waals surface area contributed by atoms with Gasteiger partial charge in [0, 0.05) is 6.42 Å². The molecule has 0 heterocycles. The molecular weight excluding hydrogens is 642 g/mol. The molecule has 0 aliphatic heterocycles. The molecule has 5 amide bonds. The Labute approximate surface area is 288 Å². The Morgan fingerprint density at radius 2 is 1.00 bits per heavy atom. The van der Waals surface area contributed by atoms with E-state index < -0.39 is 90.6 Å². The molecule has 18 heteroatoms. The highest BCUT2D eigenvalue weighted by molar-refractivity contribution is 5.96. The molecule has 0 radical (unpaired) electrons. The first-order valence-electron chi connectivity index (χ1n) is 17.0. The van der Waals surface area contributed by atoms with Gasteiger partial charge in [0.15, 0.2) is 0 Å². The summed E-state index contributed by atoms with van der Waals surface area (Å²) in [6.07, 6.45) is 3.43. The summed E-state index contributed by atoms with van der Waals surface area (Å²) < 4.78 is 0. The predicted octanol–water partition coefficient (Wildman–Crippen LogP) is -2.25. The molecule has 6 atom stereocenters. The van der Waals surface area contributed by atoms with Crippen LogP contribution in [0.25, 0.3) is 0 Å². The van der Waals surface area contributed by atoms with Crippen molar-refractivity contribution in [1.29, 1.82) is 0 Å². The van der Waals surface area contributed by atoms with Gasteiger partial charge in [0.05, 0.1) is 6.04 Å². The molecule has 0 rings (SSSR count). The molecule has 0 spiro atoms. The highest BCUT2D eigenvalue weighted by Gasteiger charge is 2.33. The number of aliphatic carboxylic acids is 2. The molecular formula is C31H59N9O9. The molecule has 0 aromatic heterocycles. The van der Waals surface area contributed by atoms with Crippen molar-refractivity contribution in [3.05, 3.63) is 0 Å². The van der Waals surface area contributed by atoms with Gasteiger partial charge >= 0.3 is 11.9 Å². The zero-order valence-electron chi connectivity index (χ0n) is 28.8. The number of nitrogens with two attached hydrogens (primary N) is 4. The van der Waals surface area contributed by atoms with Crippen molar-refractivity contribution < 1.29 is 43.8 Å². The van der Waals surface area contributed by atoms with Gasteiger partial charge in [-0.1, -0.05) is 26.7 Å². The van der Waals surface area contributed by atoms with E-state index in [-0.39, 0.29) is 19.3 Å². The maximum Gasteiger partial charge on any atom is 0.322 e. The SMILES string of the molecule is CC[C@H](C)[C@H](NC(=O)[C@H](CCCCN)NC(=O)[C@H](CCC(=O)O)NC(=O)[C@H](CCCCN)NC(=O)[C@@H](N)CCCCN)C(=O)NCC(=O)O. The molecule has 0 aliphatic carbocycles. The Kier molecular flexibility index (Phi) is 24.0. The van der Waals surface area contributed by atoms with Crippen molar-refractivity contribution in [2.75, 3.05) is 26.2 Å². The minimum Gasteiger partial charge on any atom is -0.481 e. The number of carboxylic acids is 2. The minimum absolute atomic E-state index is 0.0954. The van der Waals surface area contributed by atoms with Gasteiger partial charge in [-0.25, -0.2) is 0 Å². The molecule has 0 saturated heterocycles. The lowest BCUT2D eigenvalue weighted by molar-refractivity contribution is -0.139. The lowest BCUT2D eigenvalue weighted by Crippen LogP contribution is -2.59. The molecule has 0 unspecified atom stereocenters. The summed E-state index contributed by atoms with van der Waals surface area (Å²) in [5, 5.41) is 30.9. The van der Waals surface area contributed by atoms with Crippen molar-refractivity contribution in [3.8, 4) is 0 Å². The second-order valence-electron chi connectivity index (χ2n) is 12.1. The second-order valence-corrected chi connectivity index (χ2v) is 12.1. The van der Waals surface area contributed by atoms with Crippen molar-refractivity contribution >= 4 is 41.5 Å². The van der Waals surface area contributed by atoms with Crippen LogP contribution in [-0.2, 0) is 33.6 Å². The molecule has 49 heavy (non-hydrogen) atoms. The lowest BCUT2D eigenvalue weighted by Gasteiger charge is -2.28. The van der Waals surface area contributed by atoms with Crippen LogP contribution in [0.3, 0.4) is 0 Å². The number of rotatable bonds is 28. The largest absolute Gasteiger partial charge is 0.481 e. The Hall–Kier alpha value is -3.87. The second kappa shape index (κ2) is 26.1. The van der Waals surface area contributed by atoms with E-state index in [0.717, 1.165) is 0 Å². The molecule has 0 aromatic rings. The number of carboxylic acid groups (broad SMARTS) is 2. The summed E-state index contributed by atoms with van der Waals surface area (Å²) in [7, 11) is 0. The van der Waals surface area contributed by atoms with Crippen molar-refractivity contribution in [2.45, 2.75) is 121 Å².